The lowest BCUT2D eigenvalue weighted by atomic mass is 10.2. The lowest BCUT2D eigenvalue weighted by Gasteiger charge is -2.07. The van der Waals surface area contributed by atoms with Crippen molar-refractivity contribution >= 4 is 22.6 Å². The minimum absolute atomic E-state index is 0.420. The van der Waals surface area contributed by atoms with Crippen LogP contribution < -0.4 is 0 Å². The maximum atomic E-state index is 11.6. The Balaban J connectivity index is 1.99. The molecule has 2 heterocycles. The van der Waals surface area contributed by atoms with Gasteiger partial charge in [-0.15, -0.1) is 0 Å². The van der Waals surface area contributed by atoms with E-state index in [0.29, 0.717) is 11.6 Å². The second-order valence-electron chi connectivity index (χ2n) is 4.89. The molecule has 6 heteroatoms. The van der Waals surface area contributed by atoms with Crippen LogP contribution in [0.2, 0.25) is 0 Å². The maximum Gasteiger partial charge on any atom is 0.160 e. The van der Waals surface area contributed by atoms with Crippen LogP contribution in [0.25, 0.3) is 11.4 Å². The standard InChI is InChI=1S/C17H15N3OS2/c1-23(21)12-14-11-16(22-15-5-3-2-4-6-15)20-17(19-14)13-7-9-18-10-8-13/h2-11H,12H2,1H3/t23-/m0/s1. The molecule has 1 atom stereocenters. The van der Waals surface area contributed by atoms with E-state index in [1.807, 2.05) is 48.5 Å². The van der Waals surface area contributed by atoms with Crippen LogP contribution in [0.15, 0.2) is 70.8 Å². The Morgan fingerprint density at radius 3 is 2.48 bits per heavy atom. The van der Waals surface area contributed by atoms with Gasteiger partial charge in [0.15, 0.2) is 5.82 Å². The van der Waals surface area contributed by atoms with Crippen molar-refractivity contribution in [1.82, 2.24) is 15.0 Å². The largest absolute Gasteiger partial charge is 0.265 e. The lowest BCUT2D eigenvalue weighted by molar-refractivity contribution is 0.685. The van der Waals surface area contributed by atoms with Crippen molar-refractivity contribution in [1.29, 1.82) is 0 Å². The molecular weight excluding hydrogens is 326 g/mol. The first kappa shape index (κ1) is 15.8. The van der Waals surface area contributed by atoms with E-state index in [4.69, 9.17) is 0 Å². The first-order valence-electron chi connectivity index (χ1n) is 7.02. The van der Waals surface area contributed by atoms with Crippen molar-refractivity contribution in [2.24, 2.45) is 0 Å². The molecule has 0 radical (unpaired) electrons. The predicted molar refractivity (Wildman–Crippen MR) is 93.6 cm³/mol. The van der Waals surface area contributed by atoms with Crippen LogP contribution in [0, 0.1) is 0 Å². The molecule has 23 heavy (non-hydrogen) atoms. The summed E-state index contributed by atoms with van der Waals surface area (Å²) in [5.41, 5.74) is 1.68. The zero-order valence-corrected chi connectivity index (χ0v) is 14.2. The monoisotopic (exact) mass is 341 g/mol. The number of hydrogen-bond acceptors (Lipinski definition) is 5. The lowest BCUT2D eigenvalue weighted by Crippen LogP contribution is -2.00. The van der Waals surface area contributed by atoms with E-state index >= 15 is 0 Å². The molecule has 3 rings (SSSR count). The van der Waals surface area contributed by atoms with E-state index in [9.17, 15) is 4.21 Å². The van der Waals surface area contributed by atoms with E-state index in [0.717, 1.165) is 21.2 Å². The van der Waals surface area contributed by atoms with E-state index < -0.39 is 10.8 Å². The van der Waals surface area contributed by atoms with Gasteiger partial charge in [0, 0.05) is 39.9 Å². The quantitative estimate of drug-likeness (QED) is 0.664. The molecule has 0 unspecified atom stereocenters. The second kappa shape index (κ2) is 7.48. The molecule has 0 aliphatic heterocycles. The van der Waals surface area contributed by atoms with Crippen LogP contribution in [-0.2, 0) is 16.6 Å². The van der Waals surface area contributed by atoms with Gasteiger partial charge in [0.2, 0.25) is 0 Å². The third-order valence-electron chi connectivity index (χ3n) is 3.01. The molecule has 116 valence electrons. The molecule has 0 aliphatic carbocycles. The third kappa shape index (κ3) is 4.46. The van der Waals surface area contributed by atoms with Crippen molar-refractivity contribution in [3.05, 3.63) is 66.6 Å². The minimum Gasteiger partial charge on any atom is -0.265 e. The maximum absolute atomic E-state index is 11.6. The number of nitrogens with zero attached hydrogens (tertiary/aromatic N) is 3. The Hall–Kier alpha value is -2.05. The van der Waals surface area contributed by atoms with Crippen LogP contribution >= 0.6 is 11.8 Å². The van der Waals surface area contributed by atoms with Gasteiger partial charge in [0.25, 0.3) is 0 Å². The summed E-state index contributed by atoms with van der Waals surface area (Å²) in [7, 11) is -0.948. The minimum atomic E-state index is -0.948. The molecule has 4 nitrogen and oxygen atoms in total. The average Bonchev–Trinajstić information content (AvgIpc) is 2.56. The zero-order chi connectivity index (χ0) is 16.1. The van der Waals surface area contributed by atoms with Crippen LogP contribution in [0.4, 0.5) is 0 Å². The van der Waals surface area contributed by atoms with Crippen molar-refractivity contribution in [3.8, 4) is 11.4 Å². The fourth-order valence-electron chi connectivity index (χ4n) is 2.05. The average molecular weight is 341 g/mol. The topological polar surface area (TPSA) is 55.7 Å². The molecule has 3 aromatic rings. The third-order valence-corrected chi connectivity index (χ3v) is 4.64. The fourth-order valence-corrected chi connectivity index (χ4v) is 3.47. The number of pyridine rings is 1. The van der Waals surface area contributed by atoms with Gasteiger partial charge < -0.3 is 0 Å². The van der Waals surface area contributed by atoms with Crippen LogP contribution in [0.3, 0.4) is 0 Å². The van der Waals surface area contributed by atoms with Crippen molar-refractivity contribution in [2.45, 2.75) is 15.7 Å². The van der Waals surface area contributed by atoms with Gasteiger partial charge in [-0.2, -0.15) is 0 Å². The van der Waals surface area contributed by atoms with Crippen molar-refractivity contribution < 1.29 is 4.21 Å². The molecule has 0 aliphatic rings. The number of benzene rings is 1. The number of hydrogen-bond donors (Lipinski definition) is 0. The van der Waals surface area contributed by atoms with Crippen molar-refractivity contribution in [3.63, 3.8) is 0 Å². The van der Waals surface area contributed by atoms with Gasteiger partial charge in [0.1, 0.15) is 5.03 Å². The Morgan fingerprint density at radius 1 is 1.04 bits per heavy atom. The van der Waals surface area contributed by atoms with E-state index in [-0.39, 0.29) is 0 Å². The summed E-state index contributed by atoms with van der Waals surface area (Å²) < 4.78 is 11.6. The zero-order valence-electron chi connectivity index (χ0n) is 12.5. The molecule has 2 aromatic heterocycles. The molecule has 0 saturated heterocycles. The summed E-state index contributed by atoms with van der Waals surface area (Å²) in [5, 5.41) is 0.846. The first-order valence-corrected chi connectivity index (χ1v) is 9.56. The number of rotatable bonds is 5. The summed E-state index contributed by atoms with van der Waals surface area (Å²) >= 11 is 1.57. The Kier molecular flexibility index (Phi) is 5.15. The highest BCUT2D eigenvalue weighted by Gasteiger charge is 2.09. The molecule has 0 bridgehead atoms. The summed E-state index contributed by atoms with van der Waals surface area (Å²) in [6, 6.07) is 15.7. The van der Waals surface area contributed by atoms with Crippen molar-refractivity contribution in [2.75, 3.05) is 6.26 Å². The highest BCUT2D eigenvalue weighted by Crippen LogP contribution is 2.28. The SMILES string of the molecule is C[S@](=O)Cc1cc(Sc2ccccc2)nc(-c2ccncc2)n1. The van der Waals surface area contributed by atoms with Gasteiger partial charge in [-0.05, 0) is 30.3 Å². The Labute approximate surface area is 141 Å². The van der Waals surface area contributed by atoms with Gasteiger partial charge in [-0.3, -0.25) is 9.19 Å². The molecule has 0 saturated carbocycles. The second-order valence-corrected chi connectivity index (χ2v) is 7.42. The van der Waals surface area contributed by atoms with Gasteiger partial charge in [-0.1, -0.05) is 30.0 Å². The normalized spacial score (nSPS) is 12.0. The fraction of sp³-hybridized carbons (Fsp3) is 0.118. The van der Waals surface area contributed by atoms with Crippen LogP contribution in [0.5, 0.6) is 0 Å². The highest BCUT2D eigenvalue weighted by atomic mass is 32.2. The van der Waals surface area contributed by atoms with Gasteiger partial charge >= 0.3 is 0 Å². The summed E-state index contributed by atoms with van der Waals surface area (Å²) in [6.45, 7) is 0. The molecule has 0 amide bonds. The van der Waals surface area contributed by atoms with E-state index in [1.54, 1.807) is 30.4 Å². The molecule has 0 fully saturated rings. The first-order chi connectivity index (χ1) is 11.2. The van der Waals surface area contributed by atoms with E-state index in [1.165, 1.54) is 0 Å². The van der Waals surface area contributed by atoms with Gasteiger partial charge in [-0.25, -0.2) is 9.97 Å². The Bertz CT molecular complexity index is 811. The summed E-state index contributed by atoms with van der Waals surface area (Å²) in [5.74, 6) is 1.05. The Morgan fingerprint density at radius 2 is 1.78 bits per heavy atom. The van der Waals surface area contributed by atoms with Crippen LogP contribution in [0.1, 0.15) is 5.69 Å². The predicted octanol–water partition coefficient (Wildman–Crippen LogP) is 3.57. The number of aromatic nitrogens is 3. The molecule has 0 N–H and O–H groups in total. The smallest absolute Gasteiger partial charge is 0.160 e. The van der Waals surface area contributed by atoms with E-state index in [2.05, 4.69) is 15.0 Å². The molecule has 0 spiro atoms. The molecule has 1 aromatic carbocycles. The summed E-state index contributed by atoms with van der Waals surface area (Å²) in [6.07, 6.45) is 5.11. The van der Waals surface area contributed by atoms with Gasteiger partial charge in [0.05, 0.1) is 11.4 Å². The summed E-state index contributed by atoms with van der Waals surface area (Å²) in [4.78, 5) is 14.3. The molecular formula is C17H15N3OS2. The highest BCUT2D eigenvalue weighted by molar-refractivity contribution is 7.99. The van der Waals surface area contributed by atoms with Crippen LogP contribution in [-0.4, -0.2) is 25.4 Å².